The number of nitrogens with one attached hydrogen (secondary N) is 1. The monoisotopic (exact) mass is 395 g/mol. The van der Waals surface area contributed by atoms with Gasteiger partial charge in [-0.2, -0.15) is 0 Å². The summed E-state index contributed by atoms with van der Waals surface area (Å²) in [6.07, 6.45) is -1.08. The third-order valence-corrected chi connectivity index (χ3v) is 5.57. The number of hydrogen-bond acceptors (Lipinski definition) is 7. The molecule has 1 amide bonds. The Morgan fingerprint density at radius 3 is 2.33 bits per heavy atom. The van der Waals surface area contributed by atoms with Crippen molar-refractivity contribution >= 4 is 23.4 Å². The highest BCUT2D eigenvalue weighted by atomic mass is 32.2. The van der Waals surface area contributed by atoms with Gasteiger partial charge in [-0.05, 0) is 46.1 Å². The van der Waals surface area contributed by atoms with Crippen LogP contribution in [0.15, 0.2) is 29.2 Å². The fraction of sp³-hybridized carbons (Fsp3) is 0.632. The molecule has 148 valence electrons. The van der Waals surface area contributed by atoms with E-state index in [9.17, 15) is 4.79 Å². The fourth-order valence-electron chi connectivity index (χ4n) is 3.78. The highest BCUT2D eigenvalue weighted by Gasteiger charge is 2.62. The number of benzene rings is 1. The predicted molar refractivity (Wildman–Crippen MR) is 99.4 cm³/mol. The van der Waals surface area contributed by atoms with E-state index in [1.54, 1.807) is 11.8 Å². The van der Waals surface area contributed by atoms with E-state index >= 15 is 0 Å². The molecule has 0 aromatic heterocycles. The molecule has 8 heteroatoms. The molecule has 0 unspecified atom stereocenters. The topological polar surface area (TPSA) is 75.3 Å². The van der Waals surface area contributed by atoms with Gasteiger partial charge in [0.1, 0.15) is 18.3 Å². The van der Waals surface area contributed by atoms with Crippen molar-refractivity contribution in [1.82, 2.24) is 0 Å². The van der Waals surface area contributed by atoms with Crippen LogP contribution in [0.2, 0.25) is 0 Å². The van der Waals surface area contributed by atoms with Crippen LogP contribution in [0, 0.1) is 0 Å². The third kappa shape index (κ3) is 3.62. The summed E-state index contributed by atoms with van der Waals surface area (Å²) < 4.78 is 29.8. The van der Waals surface area contributed by atoms with Crippen molar-refractivity contribution in [3.8, 4) is 0 Å². The first kappa shape index (κ1) is 19.2. The van der Waals surface area contributed by atoms with Crippen LogP contribution in [-0.2, 0) is 28.5 Å². The summed E-state index contributed by atoms with van der Waals surface area (Å²) in [6.45, 7) is 7.27. The minimum Gasteiger partial charge on any atom is -0.342 e. The molecule has 0 radical (unpaired) electrons. The van der Waals surface area contributed by atoms with E-state index in [0.29, 0.717) is 0 Å². The van der Waals surface area contributed by atoms with E-state index in [-0.39, 0.29) is 5.91 Å². The number of fused-ring (bicyclic) bond motifs is 3. The molecule has 27 heavy (non-hydrogen) atoms. The van der Waals surface area contributed by atoms with Crippen LogP contribution in [0.4, 0.5) is 5.69 Å². The van der Waals surface area contributed by atoms with Crippen LogP contribution in [-0.4, -0.2) is 54.4 Å². The number of amides is 1. The van der Waals surface area contributed by atoms with E-state index in [0.717, 1.165) is 10.6 Å². The lowest BCUT2D eigenvalue weighted by molar-refractivity contribution is -0.229. The second-order valence-corrected chi connectivity index (χ2v) is 8.63. The Bertz CT molecular complexity index is 739. The lowest BCUT2D eigenvalue weighted by Gasteiger charge is -2.36. The number of hydrogen-bond donors (Lipinski definition) is 1. The van der Waals surface area contributed by atoms with E-state index in [1.165, 1.54) is 0 Å². The second kappa shape index (κ2) is 6.72. The summed E-state index contributed by atoms with van der Waals surface area (Å²) in [5, 5.41) is 2.96. The maximum Gasteiger partial charge on any atom is 0.256 e. The van der Waals surface area contributed by atoms with Gasteiger partial charge in [-0.25, -0.2) is 0 Å². The van der Waals surface area contributed by atoms with Gasteiger partial charge in [0.15, 0.2) is 24.0 Å². The van der Waals surface area contributed by atoms with Gasteiger partial charge in [0.25, 0.3) is 5.91 Å². The molecule has 1 aromatic rings. The van der Waals surface area contributed by atoms with Crippen LogP contribution in [0.5, 0.6) is 0 Å². The fourth-order valence-corrected chi connectivity index (χ4v) is 4.33. The van der Waals surface area contributed by atoms with E-state index in [2.05, 4.69) is 5.32 Å². The van der Waals surface area contributed by atoms with Gasteiger partial charge in [-0.15, -0.1) is 11.8 Å². The summed E-state index contributed by atoms with van der Waals surface area (Å²) in [5.74, 6) is -1.94. The van der Waals surface area contributed by atoms with Gasteiger partial charge in [0.05, 0.1) is 5.69 Å². The molecule has 0 spiro atoms. The van der Waals surface area contributed by atoms with Gasteiger partial charge >= 0.3 is 0 Å². The normalized spacial score (nSPS) is 36.1. The summed E-state index contributed by atoms with van der Waals surface area (Å²) >= 11 is 1.56. The van der Waals surface area contributed by atoms with Gasteiger partial charge in [0.2, 0.25) is 0 Å². The lowest BCUT2D eigenvalue weighted by Crippen LogP contribution is -2.58. The largest absolute Gasteiger partial charge is 0.342 e. The van der Waals surface area contributed by atoms with Crippen LogP contribution in [0.3, 0.4) is 0 Å². The van der Waals surface area contributed by atoms with Gasteiger partial charge in [-0.3, -0.25) is 4.79 Å². The summed E-state index contributed by atoms with van der Waals surface area (Å²) in [4.78, 5) is 14.0. The first-order chi connectivity index (χ1) is 12.7. The number of carbonyl (C=O) groups is 1. The average molecular weight is 395 g/mol. The minimum atomic E-state index is -0.870. The quantitative estimate of drug-likeness (QED) is 0.789. The zero-order valence-electron chi connectivity index (χ0n) is 16.1. The van der Waals surface area contributed by atoms with Crippen molar-refractivity contribution in [2.24, 2.45) is 0 Å². The SMILES string of the molecule is CSc1ccccc1NC(=O)[C@@H]1O[C@H]2OC(C)(C)O[C@@H]2[C@H]2OC(C)(C)O[C@@H]21. The lowest BCUT2D eigenvalue weighted by atomic mass is 9.98. The molecule has 5 atom stereocenters. The zero-order chi connectivity index (χ0) is 19.4. The van der Waals surface area contributed by atoms with Crippen molar-refractivity contribution in [3.05, 3.63) is 24.3 Å². The first-order valence-corrected chi connectivity index (χ1v) is 10.2. The Morgan fingerprint density at radius 1 is 0.963 bits per heavy atom. The van der Waals surface area contributed by atoms with Crippen LogP contribution in [0.25, 0.3) is 0 Å². The summed E-state index contributed by atoms with van der Waals surface area (Å²) in [7, 11) is 0. The smallest absolute Gasteiger partial charge is 0.256 e. The molecule has 0 bridgehead atoms. The van der Waals surface area contributed by atoms with Crippen molar-refractivity contribution in [3.63, 3.8) is 0 Å². The summed E-state index contributed by atoms with van der Waals surface area (Å²) in [6, 6.07) is 7.63. The highest BCUT2D eigenvalue weighted by molar-refractivity contribution is 7.98. The molecule has 3 aliphatic heterocycles. The number of rotatable bonds is 3. The number of thioether (sulfide) groups is 1. The Labute approximate surface area is 163 Å². The van der Waals surface area contributed by atoms with Crippen molar-refractivity contribution in [1.29, 1.82) is 0 Å². The van der Waals surface area contributed by atoms with Crippen LogP contribution in [0.1, 0.15) is 27.7 Å². The number of ether oxygens (including phenoxy) is 5. The Hall–Kier alpha value is -1.16. The molecule has 1 N–H and O–H groups in total. The standard InChI is InChI=1S/C19H25NO6S/c1-18(2)23-12-13(24-18)15-17(26-19(3,4)25-15)22-14(12)16(21)20-10-8-6-7-9-11(10)27-5/h6-9,12-15,17H,1-5H3,(H,20,21)/t12-,13-,14+,15+,17-/m0/s1. The average Bonchev–Trinajstić information content (AvgIpc) is 3.08. The molecule has 3 heterocycles. The second-order valence-electron chi connectivity index (χ2n) is 7.78. The number of anilines is 1. The molecule has 0 saturated carbocycles. The molecule has 3 saturated heterocycles. The van der Waals surface area contributed by atoms with Crippen molar-refractivity contribution in [2.45, 2.75) is 74.9 Å². The molecule has 3 aliphatic rings. The van der Waals surface area contributed by atoms with Gasteiger partial charge in [-0.1, -0.05) is 12.1 Å². The number of para-hydroxylation sites is 1. The van der Waals surface area contributed by atoms with Crippen molar-refractivity contribution < 1.29 is 28.5 Å². The van der Waals surface area contributed by atoms with Gasteiger partial charge < -0.3 is 29.0 Å². The zero-order valence-corrected chi connectivity index (χ0v) is 16.9. The Kier molecular flexibility index (Phi) is 4.77. The van der Waals surface area contributed by atoms with E-state index in [1.807, 2.05) is 58.2 Å². The minimum absolute atomic E-state index is 0.292. The molecular weight excluding hydrogens is 370 g/mol. The van der Waals surface area contributed by atoms with Gasteiger partial charge in [0, 0.05) is 4.90 Å². The maximum absolute atomic E-state index is 13.1. The molecular formula is C19H25NO6S. The molecule has 0 aliphatic carbocycles. The molecule has 3 fully saturated rings. The Morgan fingerprint density at radius 2 is 1.59 bits per heavy atom. The van der Waals surface area contributed by atoms with Crippen LogP contribution < -0.4 is 5.32 Å². The van der Waals surface area contributed by atoms with Crippen molar-refractivity contribution in [2.75, 3.05) is 11.6 Å². The van der Waals surface area contributed by atoms with E-state index < -0.39 is 42.3 Å². The van der Waals surface area contributed by atoms with E-state index in [4.69, 9.17) is 23.7 Å². The Balaban J connectivity index is 1.59. The molecule has 4 rings (SSSR count). The molecule has 7 nitrogen and oxygen atoms in total. The first-order valence-electron chi connectivity index (χ1n) is 9.00. The predicted octanol–water partition coefficient (Wildman–Crippen LogP) is 2.74. The third-order valence-electron chi connectivity index (χ3n) is 4.78. The molecule has 1 aromatic carbocycles. The number of carbonyl (C=O) groups excluding carboxylic acids is 1. The van der Waals surface area contributed by atoms with Crippen LogP contribution >= 0.6 is 11.8 Å². The highest BCUT2D eigenvalue weighted by Crippen LogP contribution is 2.44. The maximum atomic E-state index is 13.1. The summed E-state index contributed by atoms with van der Waals surface area (Å²) in [5.41, 5.74) is 0.736.